The van der Waals surface area contributed by atoms with Gasteiger partial charge in [-0.3, -0.25) is 9.10 Å². The van der Waals surface area contributed by atoms with Gasteiger partial charge in [0.15, 0.2) is 0 Å². The average molecular weight is 441 g/mol. The van der Waals surface area contributed by atoms with Crippen molar-refractivity contribution < 1.29 is 22.7 Å². The van der Waals surface area contributed by atoms with Crippen molar-refractivity contribution in [3.63, 3.8) is 0 Å². The van der Waals surface area contributed by atoms with Gasteiger partial charge in [-0.25, -0.2) is 8.42 Å². The van der Waals surface area contributed by atoms with Crippen molar-refractivity contribution in [2.24, 2.45) is 0 Å². The summed E-state index contributed by atoms with van der Waals surface area (Å²) in [4.78, 5) is 12.9. The highest BCUT2D eigenvalue weighted by molar-refractivity contribution is 7.92. The molecule has 0 heterocycles. The van der Waals surface area contributed by atoms with Gasteiger partial charge in [-0.1, -0.05) is 11.6 Å². The molecule has 2 rings (SSSR count). The molecule has 9 heteroatoms. The van der Waals surface area contributed by atoms with Crippen LogP contribution >= 0.6 is 11.6 Å². The van der Waals surface area contributed by atoms with E-state index in [-0.39, 0.29) is 0 Å². The van der Waals surface area contributed by atoms with E-state index >= 15 is 0 Å². The zero-order chi connectivity index (χ0) is 21.8. The summed E-state index contributed by atoms with van der Waals surface area (Å²) >= 11 is 5.89. The van der Waals surface area contributed by atoms with Gasteiger partial charge in [0.1, 0.15) is 17.5 Å². The first kappa shape index (κ1) is 22.8. The smallest absolute Gasteiger partial charge is 0.244 e. The van der Waals surface area contributed by atoms with Crippen molar-refractivity contribution in [2.45, 2.75) is 25.9 Å². The maximum Gasteiger partial charge on any atom is 0.244 e. The lowest BCUT2D eigenvalue weighted by Gasteiger charge is -2.29. The van der Waals surface area contributed by atoms with Crippen molar-refractivity contribution in [2.75, 3.05) is 24.8 Å². The zero-order valence-corrected chi connectivity index (χ0v) is 18.5. The fourth-order valence-electron chi connectivity index (χ4n) is 2.99. The van der Waals surface area contributed by atoms with Gasteiger partial charge in [0, 0.05) is 10.6 Å². The molecule has 0 fully saturated rings. The first-order valence-electron chi connectivity index (χ1n) is 8.85. The van der Waals surface area contributed by atoms with E-state index in [4.69, 9.17) is 21.1 Å². The average Bonchev–Trinajstić information content (AvgIpc) is 2.67. The van der Waals surface area contributed by atoms with Gasteiger partial charge < -0.3 is 14.8 Å². The van der Waals surface area contributed by atoms with Crippen LogP contribution in [0.3, 0.4) is 0 Å². The molecule has 2 aromatic carbocycles. The minimum atomic E-state index is -3.71. The van der Waals surface area contributed by atoms with Crippen molar-refractivity contribution in [3.8, 4) is 11.5 Å². The molecule has 0 aromatic heterocycles. The van der Waals surface area contributed by atoms with Gasteiger partial charge in [-0.15, -0.1) is 0 Å². The van der Waals surface area contributed by atoms with Crippen LogP contribution < -0.4 is 19.1 Å². The number of halogens is 1. The summed E-state index contributed by atoms with van der Waals surface area (Å²) in [6.45, 7) is 3.31. The summed E-state index contributed by atoms with van der Waals surface area (Å²) in [6.07, 6.45) is 1.06. The van der Waals surface area contributed by atoms with Crippen LogP contribution in [-0.4, -0.2) is 40.8 Å². The number of carbonyl (C=O) groups is 1. The predicted octanol–water partition coefficient (Wildman–Crippen LogP) is 3.39. The van der Waals surface area contributed by atoms with Gasteiger partial charge in [0.2, 0.25) is 15.9 Å². The number of ether oxygens (including phenoxy) is 2. The third-order valence-electron chi connectivity index (χ3n) is 4.43. The van der Waals surface area contributed by atoms with Gasteiger partial charge >= 0.3 is 0 Å². The topological polar surface area (TPSA) is 84.9 Å². The Labute approximate surface area is 176 Å². The number of carbonyl (C=O) groups excluding carboxylic acids is 1. The first-order valence-corrected chi connectivity index (χ1v) is 11.1. The van der Waals surface area contributed by atoms with Crippen LogP contribution in [0.5, 0.6) is 11.5 Å². The van der Waals surface area contributed by atoms with E-state index < -0.39 is 28.0 Å². The van der Waals surface area contributed by atoms with E-state index in [1.807, 2.05) is 0 Å². The Balaban J connectivity index is 2.29. The molecular weight excluding hydrogens is 416 g/mol. The third-order valence-corrected chi connectivity index (χ3v) is 5.93. The lowest BCUT2D eigenvalue weighted by Crippen LogP contribution is -2.48. The standard InChI is InChI=1S/C20H25ClN2O5S/c1-13(18-12-17(27-3)10-11-19(18)28-4)22-20(24)14(2)23(29(5,25)26)16-8-6-15(21)7-9-16/h6-14H,1-5H3,(H,22,24)/t13-,14-/m1/s1. The van der Waals surface area contributed by atoms with E-state index in [1.165, 1.54) is 14.0 Å². The molecule has 2 atom stereocenters. The summed E-state index contributed by atoms with van der Waals surface area (Å²) in [5, 5.41) is 3.32. The lowest BCUT2D eigenvalue weighted by atomic mass is 10.1. The highest BCUT2D eigenvalue weighted by Gasteiger charge is 2.30. The summed E-state index contributed by atoms with van der Waals surface area (Å²) in [6, 6.07) is 10.1. The summed E-state index contributed by atoms with van der Waals surface area (Å²) in [5.74, 6) is 0.751. The summed E-state index contributed by atoms with van der Waals surface area (Å²) in [7, 11) is -0.630. The van der Waals surface area contributed by atoms with Crippen LogP contribution in [0, 0.1) is 0 Å². The second-order valence-corrected chi connectivity index (χ2v) is 8.85. The highest BCUT2D eigenvalue weighted by atomic mass is 35.5. The molecule has 7 nitrogen and oxygen atoms in total. The van der Waals surface area contributed by atoms with Gasteiger partial charge in [-0.2, -0.15) is 0 Å². The Morgan fingerprint density at radius 2 is 1.69 bits per heavy atom. The molecule has 0 aliphatic heterocycles. The van der Waals surface area contributed by atoms with Crippen LogP contribution in [0.4, 0.5) is 5.69 Å². The van der Waals surface area contributed by atoms with Crippen LogP contribution in [0.2, 0.25) is 5.02 Å². The number of hydrogen-bond acceptors (Lipinski definition) is 5. The molecule has 0 saturated heterocycles. The van der Waals surface area contributed by atoms with Crippen molar-refractivity contribution in [1.82, 2.24) is 5.32 Å². The van der Waals surface area contributed by atoms with Crippen molar-refractivity contribution in [1.29, 1.82) is 0 Å². The Kier molecular flexibility index (Phi) is 7.37. The second kappa shape index (κ2) is 9.37. The Morgan fingerprint density at radius 1 is 1.07 bits per heavy atom. The Bertz CT molecular complexity index is 963. The minimum Gasteiger partial charge on any atom is -0.497 e. The lowest BCUT2D eigenvalue weighted by molar-refractivity contribution is -0.122. The normalized spacial score (nSPS) is 13.3. The monoisotopic (exact) mass is 440 g/mol. The number of benzene rings is 2. The fraction of sp³-hybridized carbons (Fsp3) is 0.350. The van der Waals surface area contributed by atoms with E-state index in [9.17, 15) is 13.2 Å². The van der Waals surface area contributed by atoms with Crippen LogP contribution in [-0.2, 0) is 14.8 Å². The quantitative estimate of drug-likeness (QED) is 0.680. The van der Waals surface area contributed by atoms with Crippen molar-refractivity contribution in [3.05, 3.63) is 53.1 Å². The van der Waals surface area contributed by atoms with Gasteiger partial charge in [0.25, 0.3) is 0 Å². The molecule has 29 heavy (non-hydrogen) atoms. The molecule has 158 valence electrons. The second-order valence-electron chi connectivity index (χ2n) is 6.55. The fourth-order valence-corrected chi connectivity index (χ4v) is 4.29. The molecule has 0 saturated carbocycles. The van der Waals surface area contributed by atoms with Gasteiger partial charge in [-0.05, 0) is 56.3 Å². The van der Waals surface area contributed by atoms with E-state index in [2.05, 4.69) is 5.32 Å². The first-order chi connectivity index (χ1) is 13.6. The molecule has 0 radical (unpaired) electrons. The summed E-state index contributed by atoms with van der Waals surface area (Å²) in [5.41, 5.74) is 1.07. The number of hydrogen-bond donors (Lipinski definition) is 1. The molecule has 0 aliphatic carbocycles. The minimum absolute atomic E-state index is 0.353. The summed E-state index contributed by atoms with van der Waals surface area (Å²) < 4.78 is 36.4. The third kappa shape index (κ3) is 5.55. The van der Waals surface area contributed by atoms with E-state index in [0.717, 1.165) is 10.6 Å². The predicted molar refractivity (Wildman–Crippen MR) is 114 cm³/mol. The number of amides is 1. The van der Waals surface area contributed by atoms with E-state index in [1.54, 1.807) is 56.5 Å². The van der Waals surface area contributed by atoms with Gasteiger partial charge in [0.05, 0.1) is 32.2 Å². The number of nitrogens with one attached hydrogen (secondary N) is 1. The number of anilines is 1. The molecule has 0 bridgehead atoms. The van der Waals surface area contributed by atoms with E-state index in [0.29, 0.717) is 27.8 Å². The van der Waals surface area contributed by atoms with Crippen LogP contribution in [0.25, 0.3) is 0 Å². The number of sulfonamides is 1. The molecule has 1 amide bonds. The SMILES string of the molecule is COc1ccc(OC)c([C@@H](C)NC(=O)[C@@H](C)N(c2ccc(Cl)cc2)S(C)(=O)=O)c1. The van der Waals surface area contributed by atoms with Crippen molar-refractivity contribution >= 4 is 33.2 Å². The largest absolute Gasteiger partial charge is 0.497 e. The number of rotatable bonds is 8. The maximum atomic E-state index is 12.9. The maximum absolute atomic E-state index is 12.9. The van der Waals surface area contributed by atoms with Crippen LogP contribution in [0.15, 0.2) is 42.5 Å². The molecule has 2 aromatic rings. The molecule has 0 spiro atoms. The Morgan fingerprint density at radius 3 is 2.21 bits per heavy atom. The molecule has 0 aliphatic rings. The van der Waals surface area contributed by atoms with Crippen LogP contribution in [0.1, 0.15) is 25.5 Å². The number of methoxy groups -OCH3 is 2. The Hall–Kier alpha value is -2.45. The highest BCUT2D eigenvalue weighted by Crippen LogP contribution is 2.30. The molecular formula is C20H25ClN2O5S. The zero-order valence-electron chi connectivity index (χ0n) is 17.0. The number of nitrogens with zero attached hydrogens (tertiary/aromatic N) is 1. The molecule has 1 N–H and O–H groups in total. The molecule has 0 unspecified atom stereocenters.